The fourth-order valence-electron chi connectivity index (χ4n) is 1.53. The second-order valence-corrected chi connectivity index (χ2v) is 4.02. The van der Waals surface area contributed by atoms with Gasteiger partial charge in [-0.05, 0) is 22.9 Å². The third kappa shape index (κ3) is 2.04. The molecule has 1 aliphatic heterocycles. The molecule has 0 aliphatic carbocycles. The van der Waals surface area contributed by atoms with Crippen molar-refractivity contribution >= 4 is 21.9 Å². The van der Waals surface area contributed by atoms with E-state index in [1.807, 2.05) is 0 Å². The average molecular weight is 303 g/mol. The van der Waals surface area contributed by atoms with E-state index in [1.165, 1.54) is 7.11 Å². The standard InChI is InChI=1S/C11H11BrO5/c1-3-15-11(13)6-4-7-9(17-5-16-7)10(14-2)8(6)12/h4H,3,5H2,1-2H3. The summed E-state index contributed by atoms with van der Waals surface area (Å²) < 4.78 is 21.1. The van der Waals surface area contributed by atoms with E-state index in [0.29, 0.717) is 33.9 Å². The van der Waals surface area contributed by atoms with Crippen molar-refractivity contribution in [3.8, 4) is 17.2 Å². The van der Waals surface area contributed by atoms with Crippen LogP contribution in [0.4, 0.5) is 0 Å². The van der Waals surface area contributed by atoms with Gasteiger partial charge in [0, 0.05) is 6.07 Å². The first kappa shape index (κ1) is 12.0. The van der Waals surface area contributed by atoms with Gasteiger partial charge in [-0.15, -0.1) is 0 Å². The SMILES string of the molecule is CCOC(=O)c1cc2c(c(OC)c1Br)OCO2. The molecule has 1 aromatic rings. The zero-order chi connectivity index (χ0) is 12.4. The molecule has 0 atom stereocenters. The van der Waals surface area contributed by atoms with Crippen molar-refractivity contribution in [2.24, 2.45) is 0 Å². The van der Waals surface area contributed by atoms with Gasteiger partial charge in [0.1, 0.15) is 0 Å². The lowest BCUT2D eigenvalue weighted by Crippen LogP contribution is -2.06. The van der Waals surface area contributed by atoms with Crippen LogP contribution >= 0.6 is 15.9 Å². The molecular formula is C11H11BrO5. The van der Waals surface area contributed by atoms with E-state index in [1.54, 1.807) is 13.0 Å². The molecule has 0 N–H and O–H groups in total. The maximum absolute atomic E-state index is 11.7. The number of esters is 1. The van der Waals surface area contributed by atoms with E-state index in [2.05, 4.69) is 15.9 Å². The Morgan fingerprint density at radius 2 is 2.29 bits per heavy atom. The van der Waals surface area contributed by atoms with Crippen LogP contribution in [0.2, 0.25) is 0 Å². The zero-order valence-corrected chi connectivity index (χ0v) is 11.0. The molecule has 0 unspecified atom stereocenters. The Hall–Kier alpha value is -1.43. The molecule has 0 bridgehead atoms. The summed E-state index contributed by atoms with van der Waals surface area (Å²) in [6.45, 7) is 2.17. The third-order valence-corrected chi connectivity index (χ3v) is 3.05. The summed E-state index contributed by atoms with van der Waals surface area (Å²) in [6.07, 6.45) is 0. The molecule has 0 spiro atoms. The highest BCUT2D eigenvalue weighted by molar-refractivity contribution is 9.10. The number of carbonyl (C=O) groups excluding carboxylic acids is 1. The highest BCUT2D eigenvalue weighted by Gasteiger charge is 2.27. The molecular weight excluding hydrogens is 292 g/mol. The summed E-state index contributed by atoms with van der Waals surface area (Å²) in [7, 11) is 1.50. The first-order chi connectivity index (χ1) is 8.19. The third-order valence-electron chi connectivity index (χ3n) is 2.26. The maximum atomic E-state index is 11.7. The highest BCUT2D eigenvalue weighted by atomic mass is 79.9. The number of fused-ring (bicyclic) bond motifs is 1. The van der Waals surface area contributed by atoms with Crippen molar-refractivity contribution in [3.63, 3.8) is 0 Å². The van der Waals surface area contributed by atoms with Gasteiger partial charge in [-0.25, -0.2) is 4.79 Å². The molecule has 92 valence electrons. The Morgan fingerprint density at radius 1 is 1.53 bits per heavy atom. The van der Waals surface area contributed by atoms with Gasteiger partial charge in [-0.2, -0.15) is 0 Å². The van der Waals surface area contributed by atoms with Crippen molar-refractivity contribution in [2.45, 2.75) is 6.92 Å². The number of methoxy groups -OCH3 is 1. The molecule has 1 aromatic carbocycles. The predicted octanol–water partition coefficient (Wildman–Crippen LogP) is 2.36. The van der Waals surface area contributed by atoms with Gasteiger partial charge in [0.2, 0.25) is 12.5 Å². The van der Waals surface area contributed by atoms with E-state index in [-0.39, 0.29) is 6.79 Å². The Morgan fingerprint density at radius 3 is 2.94 bits per heavy atom. The van der Waals surface area contributed by atoms with Crippen molar-refractivity contribution in [2.75, 3.05) is 20.5 Å². The molecule has 17 heavy (non-hydrogen) atoms. The highest BCUT2D eigenvalue weighted by Crippen LogP contribution is 2.47. The van der Waals surface area contributed by atoms with Crippen LogP contribution in [0, 0.1) is 0 Å². The topological polar surface area (TPSA) is 54.0 Å². The number of halogens is 1. The summed E-state index contributed by atoms with van der Waals surface area (Å²) >= 11 is 3.30. The average Bonchev–Trinajstić information content (AvgIpc) is 2.76. The monoisotopic (exact) mass is 302 g/mol. The molecule has 0 fully saturated rings. The molecule has 2 rings (SSSR count). The fraction of sp³-hybridized carbons (Fsp3) is 0.364. The first-order valence-corrected chi connectivity index (χ1v) is 5.81. The zero-order valence-electron chi connectivity index (χ0n) is 9.41. The van der Waals surface area contributed by atoms with Gasteiger partial charge in [0.05, 0.1) is 23.8 Å². The molecule has 1 heterocycles. The van der Waals surface area contributed by atoms with Crippen LogP contribution in [0.1, 0.15) is 17.3 Å². The minimum atomic E-state index is -0.434. The number of ether oxygens (including phenoxy) is 4. The number of hydrogen-bond donors (Lipinski definition) is 0. The number of hydrogen-bond acceptors (Lipinski definition) is 5. The molecule has 0 amide bonds. The van der Waals surface area contributed by atoms with Crippen LogP contribution in [0.25, 0.3) is 0 Å². The molecule has 0 radical (unpaired) electrons. The lowest BCUT2D eigenvalue weighted by Gasteiger charge is -2.11. The molecule has 0 saturated heterocycles. The van der Waals surface area contributed by atoms with E-state index >= 15 is 0 Å². The van der Waals surface area contributed by atoms with Crippen molar-refractivity contribution in [1.82, 2.24) is 0 Å². The predicted molar refractivity (Wildman–Crippen MR) is 62.8 cm³/mol. The van der Waals surface area contributed by atoms with E-state index in [4.69, 9.17) is 18.9 Å². The Balaban J connectivity index is 2.51. The van der Waals surface area contributed by atoms with Crippen LogP contribution < -0.4 is 14.2 Å². The summed E-state index contributed by atoms with van der Waals surface area (Å²) in [5.74, 6) is 0.972. The lowest BCUT2D eigenvalue weighted by molar-refractivity contribution is 0.0524. The Kier molecular flexibility index (Phi) is 3.42. The molecule has 1 aliphatic rings. The van der Waals surface area contributed by atoms with Crippen molar-refractivity contribution in [3.05, 3.63) is 16.1 Å². The van der Waals surface area contributed by atoms with Crippen LogP contribution in [-0.4, -0.2) is 26.5 Å². The van der Waals surface area contributed by atoms with Gasteiger partial charge in [0.25, 0.3) is 0 Å². The summed E-state index contributed by atoms with van der Waals surface area (Å²) in [6, 6.07) is 1.58. The van der Waals surface area contributed by atoms with Crippen LogP contribution in [-0.2, 0) is 4.74 Å². The molecule has 5 nitrogen and oxygen atoms in total. The van der Waals surface area contributed by atoms with Crippen LogP contribution in [0.3, 0.4) is 0 Å². The van der Waals surface area contributed by atoms with Crippen molar-refractivity contribution in [1.29, 1.82) is 0 Å². The van der Waals surface area contributed by atoms with Gasteiger partial charge in [-0.1, -0.05) is 0 Å². The Labute approximate surface area is 107 Å². The van der Waals surface area contributed by atoms with Crippen LogP contribution in [0.15, 0.2) is 10.5 Å². The van der Waals surface area contributed by atoms with Crippen molar-refractivity contribution < 1.29 is 23.7 Å². The fourth-order valence-corrected chi connectivity index (χ4v) is 2.15. The minimum absolute atomic E-state index is 0.115. The second kappa shape index (κ2) is 4.83. The summed E-state index contributed by atoms with van der Waals surface area (Å²) in [5.41, 5.74) is 0.355. The summed E-state index contributed by atoms with van der Waals surface area (Å²) in [4.78, 5) is 11.7. The maximum Gasteiger partial charge on any atom is 0.339 e. The van der Waals surface area contributed by atoms with E-state index in [0.717, 1.165) is 0 Å². The van der Waals surface area contributed by atoms with Crippen LogP contribution in [0.5, 0.6) is 17.2 Å². The smallest absolute Gasteiger partial charge is 0.339 e. The quantitative estimate of drug-likeness (QED) is 0.802. The Bertz CT molecular complexity index is 458. The second-order valence-electron chi connectivity index (χ2n) is 3.23. The minimum Gasteiger partial charge on any atom is -0.492 e. The molecule has 6 heteroatoms. The lowest BCUT2D eigenvalue weighted by atomic mass is 10.2. The number of rotatable bonds is 3. The van der Waals surface area contributed by atoms with Gasteiger partial charge < -0.3 is 18.9 Å². The normalized spacial score (nSPS) is 12.4. The first-order valence-electron chi connectivity index (χ1n) is 5.02. The number of benzene rings is 1. The van der Waals surface area contributed by atoms with E-state index in [9.17, 15) is 4.79 Å². The molecule has 0 aromatic heterocycles. The van der Waals surface area contributed by atoms with Gasteiger partial charge in [0.15, 0.2) is 11.5 Å². The van der Waals surface area contributed by atoms with Gasteiger partial charge >= 0.3 is 5.97 Å². The molecule has 0 saturated carbocycles. The number of carbonyl (C=O) groups is 1. The largest absolute Gasteiger partial charge is 0.492 e. The summed E-state index contributed by atoms with van der Waals surface area (Å²) in [5, 5.41) is 0. The van der Waals surface area contributed by atoms with E-state index < -0.39 is 5.97 Å². The van der Waals surface area contributed by atoms with Gasteiger partial charge in [-0.3, -0.25) is 0 Å².